The van der Waals surface area contributed by atoms with Crippen molar-refractivity contribution in [2.45, 2.75) is 27.2 Å². The number of anilines is 1. The van der Waals surface area contributed by atoms with Crippen molar-refractivity contribution in [2.75, 3.05) is 11.9 Å². The van der Waals surface area contributed by atoms with Crippen LogP contribution in [0.25, 0.3) is 22.2 Å². The van der Waals surface area contributed by atoms with Crippen LogP contribution < -0.4 is 5.32 Å². The maximum Gasteiger partial charge on any atom is 0.338 e. The number of amides is 1. The Kier molecular flexibility index (Phi) is 7.39. The predicted molar refractivity (Wildman–Crippen MR) is 142 cm³/mol. The molecule has 0 aliphatic heterocycles. The minimum absolute atomic E-state index is 0.296. The van der Waals surface area contributed by atoms with Gasteiger partial charge in [0.15, 0.2) is 0 Å². The van der Waals surface area contributed by atoms with Crippen molar-refractivity contribution < 1.29 is 14.3 Å². The van der Waals surface area contributed by atoms with Crippen LogP contribution in [-0.4, -0.2) is 23.5 Å². The van der Waals surface area contributed by atoms with Crippen LogP contribution in [-0.2, 0) is 4.74 Å². The maximum atomic E-state index is 13.4. The largest absolute Gasteiger partial charge is 0.462 e. The standard InChI is InChI=1S/C28H24Cl2N2O3/c1-4-11-35-28(34)18-5-8-20(9-6-18)31-27(33)23-15-25(21-10-7-19(29)14-24(21)30)32-26-17(3)12-16(2)13-22(23)26/h5-10,12-15H,4,11H2,1-3H3,(H,31,33). The molecule has 4 aromatic rings. The molecule has 5 nitrogen and oxygen atoms in total. The molecule has 4 rings (SSSR count). The molecular formula is C28H24Cl2N2O3. The second kappa shape index (κ2) is 10.5. The van der Waals surface area contributed by atoms with Gasteiger partial charge >= 0.3 is 5.97 Å². The molecule has 1 N–H and O–H groups in total. The van der Waals surface area contributed by atoms with Gasteiger partial charge in [0.25, 0.3) is 5.91 Å². The zero-order valence-corrected chi connectivity index (χ0v) is 21.1. The second-order valence-corrected chi connectivity index (χ2v) is 9.17. The fourth-order valence-electron chi connectivity index (χ4n) is 3.87. The minimum Gasteiger partial charge on any atom is -0.462 e. The Morgan fingerprint density at radius 3 is 2.40 bits per heavy atom. The Morgan fingerprint density at radius 2 is 1.71 bits per heavy atom. The Bertz CT molecular complexity index is 1430. The molecule has 0 fully saturated rings. The summed E-state index contributed by atoms with van der Waals surface area (Å²) in [6, 6.07) is 17.5. The minimum atomic E-state index is -0.389. The molecule has 0 saturated carbocycles. The van der Waals surface area contributed by atoms with E-state index < -0.39 is 0 Å². The number of ether oxygens (including phenoxy) is 1. The molecule has 0 unspecified atom stereocenters. The van der Waals surface area contributed by atoms with E-state index in [2.05, 4.69) is 5.32 Å². The van der Waals surface area contributed by atoms with E-state index in [4.69, 9.17) is 32.9 Å². The highest BCUT2D eigenvalue weighted by Gasteiger charge is 2.18. The van der Waals surface area contributed by atoms with Gasteiger partial charge in [-0.1, -0.05) is 41.8 Å². The van der Waals surface area contributed by atoms with Crippen LogP contribution in [0.15, 0.2) is 60.7 Å². The molecular weight excluding hydrogens is 483 g/mol. The molecule has 7 heteroatoms. The highest BCUT2D eigenvalue weighted by molar-refractivity contribution is 6.36. The third kappa shape index (κ3) is 5.47. The van der Waals surface area contributed by atoms with E-state index in [1.165, 1.54) is 0 Å². The molecule has 178 valence electrons. The summed E-state index contributed by atoms with van der Waals surface area (Å²) in [5, 5.41) is 4.64. The summed E-state index contributed by atoms with van der Waals surface area (Å²) in [5.74, 6) is -0.685. The Hall–Kier alpha value is -3.41. The van der Waals surface area contributed by atoms with Crippen molar-refractivity contribution in [3.05, 3.63) is 93.0 Å². The number of nitrogens with one attached hydrogen (secondary N) is 1. The Morgan fingerprint density at radius 1 is 0.971 bits per heavy atom. The van der Waals surface area contributed by atoms with E-state index in [1.54, 1.807) is 48.5 Å². The van der Waals surface area contributed by atoms with Crippen LogP contribution in [0.5, 0.6) is 0 Å². The van der Waals surface area contributed by atoms with E-state index in [0.717, 1.165) is 28.5 Å². The topological polar surface area (TPSA) is 68.3 Å². The smallest absolute Gasteiger partial charge is 0.338 e. The number of carbonyl (C=O) groups excluding carboxylic acids is 2. The average Bonchev–Trinajstić information content (AvgIpc) is 2.82. The first-order valence-electron chi connectivity index (χ1n) is 11.2. The van der Waals surface area contributed by atoms with Gasteiger partial charge in [0, 0.05) is 21.7 Å². The number of fused-ring (bicyclic) bond motifs is 1. The molecule has 0 saturated heterocycles. The Balaban J connectivity index is 1.73. The van der Waals surface area contributed by atoms with Gasteiger partial charge in [0.1, 0.15) is 0 Å². The average molecular weight is 507 g/mol. The number of aromatic nitrogens is 1. The van der Waals surface area contributed by atoms with Gasteiger partial charge in [-0.25, -0.2) is 9.78 Å². The molecule has 1 heterocycles. The zero-order chi connectivity index (χ0) is 25.1. The van der Waals surface area contributed by atoms with E-state index in [0.29, 0.717) is 44.7 Å². The first-order chi connectivity index (χ1) is 16.8. The van der Waals surface area contributed by atoms with Crippen LogP contribution in [0.3, 0.4) is 0 Å². The van der Waals surface area contributed by atoms with Crippen LogP contribution in [0.1, 0.15) is 45.2 Å². The summed E-state index contributed by atoms with van der Waals surface area (Å²) in [6.07, 6.45) is 0.752. The van der Waals surface area contributed by atoms with Gasteiger partial charge in [-0.05, 0) is 80.4 Å². The molecule has 0 bridgehead atoms. The van der Waals surface area contributed by atoms with E-state index in [1.807, 2.05) is 32.9 Å². The van der Waals surface area contributed by atoms with Crippen molar-refractivity contribution in [2.24, 2.45) is 0 Å². The number of pyridine rings is 1. The highest BCUT2D eigenvalue weighted by atomic mass is 35.5. The quantitative estimate of drug-likeness (QED) is 0.272. The van der Waals surface area contributed by atoms with Crippen molar-refractivity contribution in [3.63, 3.8) is 0 Å². The number of carbonyl (C=O) groups is 2. The maximum absolute atomic E-state index is 13.4. The van der Waals surface area contributed by atoms with E-state index in [-0.39, 0.29) is 11.9 Å². The summed E-state index contributed by atoms with van der Waals surface area (Å²) >= 11 is 12.5. The molecule has 0 radical (unpaired) electrons. The number of nitrogens with zero attached hydrogens (tertiary/aromatic N) is 1. The van der Waals surface area contributed by atoms with Crippen molar-refractivity contribution >= 4 is 51.7 Å². The first kappa shape index (κ1) is 24.7. The fraction of sp³-hybridized carbons (Fsp3) is 0.179. The zero-order valence-electron chi connectivity index (χ0n) is 19.6. The van der Waals surface area contributed by atoms with Gasteiger partial charge in [-0.15, -0.1) is 0 Å². The number of hydrogen-bond acceptors (Lipinski definition) is 4. The van der Waals surface area contributed by atoms with Crippen molar-refractivity contribution in [1.29, 1.82) is 0 Å². The molecule has 0 atom stereocenters. The molecule has 0 aliphatic rings. The summed E-state index contributed by atoms with van der Waals surface area (Å²) < 4.78 is 5.16. The number of rotatable bonds is 6. The van der Waals surface area contributed by atoms with E-state index >= 15 is 0 Å². The van der Waals surface area contributed by atoms with Crippen molar-refractivity contribution in [1.82, 2.24) is 4.98 Å². The molecule has 3 aromatic carbocycles. The number of hydrogen-bond donors (Lipinski definition) is 1. The summed E-state index contributed by atoms with van der Waals surface area (Å²) in [4.78, 5) is 30.3. The molecule has 1 amide bonds. The third-order valence-corrected chi connectivity index (χ3v) is 6.06. The van der Waals surface area contributed by atoms with Gasteiger partial charge < -0.3 is 10.1 Å². The van der Waals surface area contributed by atoms with Crippen LogP contribution in [0, 0.1) is 13.8 Å². The number of aryl methyl sites for hydroxylation is 2. The summed E-state index contributed by atoms with van der Waals surface area (Å²) in [6.45, 7) is 6.25. The van der Waals surface area contributed by atoms with Crippen molar-refractivity contribution in [3.8, 4) is 11.3 Å². The van der Waals surface area contributed by atoms with Crippen LogP contribution in [0.4, 0.5) is 5.69 Å². The fourth-order valence-corrected chi connectivity index (χ4v) is 4.38. The lowest BCUT2D eigenvalue weighted by Gasteiger charge is -2.14. The van der Waals surface area contributed by atoms with Crippen LogP contribution in [0.2, 0.25) is 10.0 Å². The lowest BCUT2D eigenvalue weighted by Crippen LogP contribution is -2.14. The lowest BCUT2D eigenvalue weighted by molar-refractivity contribution is 0.0505. The highest BCUT2D eigenvalue weighted by Crippen LogP contribution is 2.33. The monoisotopic (exact) mass is 506 g/mol. The predicted octanol–water partition coefficient (Wildman–Crippen LogP) is 7.64. The Labute approximate surface area is 214 Å². The molecule has 35 heavy (non-hydrogen) atoms. The molecule has 0 aliphatic carbocycles. The first-order valence-corrected chi connectivity index (χ1v) is 12.0. The normalized spacial score (nSPS) is 10.9. The van der Waals surface area contributed by atoms with Gasteiger partial charge in [0.05, 0.1) is 34.0 Å². The number of benzene rings is 3. The third-order valence-electron chi connectivity index (χ3n) is 5.52. The number of esters is 1. The van der Waals surface area contributed by atoms with Gasteiger partial charge in [-0.3, -0.25) is 4.79 Å². The van der Waals surface area contributed by atoms with Crippen LogP contribution >= 0.6 is 23.2 Å². The SMILES string of the molecule is CCCOC(=O)c1ccc(NC(=O)c2cc(-c3ccc(Cl)cc3Cl)nc3c(C)cc(C)cc23)cc1. The lowest BCUT2D eigenvalue weighted by atomic mass is 9.99. The number of halogens is 2. The van der Waals surface area contributed by atoms with Gasteiger partial charge in [0.2, 0.25) is 0 Å². The van der Waals surface area contributed by atoms with E-state index in [9.17, 15) is 9.59 Å². The summed E-state index contributed by atoms with van der Waals surface area (Å²) in [7, 11) is 0. The summed E-state index contributed by atoms with van der Waals surface area (Å²) in [5.41, 5.74) is 5.41. The van der Waals surface area contributed by atoms with Gasteiger partial charge in [-0.2, -0.15) is 0 Å². The second-order valence-electron chi connectivity index (χ2n) is 8.32. The molecule has 1 aromatic heterocycles. The molecule has 0 spiro atoms.